The van der Waals surface area contributed by atoms with Gasteiger partial charge in [0.2, 0.25) is 11.0 Å². The van der Waals surface area contributed by atoms with Crippen LogP contribution in [-0.2, 0) is 4.79 Å². The molecule has 0 radical (unpaired) electrons. The summed E-state index contributed by atoms with van der Waals surface area (Å²) in [6.07, 6.45) is 0.363. The van der Waals surface area contributed by atoms with E-state index < -0.39 is 0 Å². The summed E-state index contributed by atoms with van der Waals surface area (Å²) >= 11 is 4.18. The summed E-state index contributed by atoms with van der Waals surface area (Å²) in [5.41, 5.74) is 7.33. The number of amides is 1. The summed E-state index contributed by atoms with van der Waals surface area (Å²) in [6.45, 7) is 2.59. The number of thiazole rings is 1. The second-order valence-electron chi connectivity index (χ2n) is 5.05. The van der Waals surface area contributed by atoms with Crippen molar-refractivity contribution in [1.29, 1.82) is 0 Å². The molecule has 0 atom stereocenters. The molecule has 3 N–H and O–H groups in total. The number of hydrogen-bond acceptors (Lipinski definition) is 9. The Kier molecular flexibility index (Phi) is 6.42. The number of carbonyl (C=O) groups is 1. The fourth-order valence-electron chi connectivity index (χ4n) is 2.04. The zero-order chi connectivity index (χ0) is 18.4. The van der Waals surface area contributed by atoms with Gasteiger partial charge in [0.05, 0.1) is 12.3 Å². The molecule has 7 nitrogen and oxygen atoms in total. The molecule has 0 spiro atoms. The maximum Gasteiger partial charge on any atom is 0.226 e. The topological polar surface area (TPSA) is 103 Å². The van der Waals surface area contributed by atoms with Gasteiger partial charge >= 0.3 is 0 Å². The van der Waals surface area contributed by atoms with Crippen LogP contribution in [0, 0.1) is 0 Å². The van der Waals surface area contributed by atoms with Crippen molar-refractivity contribution < 1.29 is 9.53 Å². The summed E-state index contributed by atoms with van der Waals surface area (Å²) in [6, 6.07) is 7.73. The molecule has 0 aliphatic heterocycles. The molecule has 0 aliphatic carbocycles. The standard InChI is InChI=1S/C16H17N5O2S3/c1-2-23-11-5-3-10(4-6-11)12-9-25-15(18-12)19-13(22)7-8-24-16-21-20-14(17)26-16/h3-6,9H,2,7-8H2,1H3,(H2,17,20)(H,18,19,22). The minimum absolute atomic E-state index is 0.0809. The zero-order valence-corrected chi connectivity index (χ0v) is 16.4. The second-order valence-corrected chi connectivity index (χ2v) is 8.26. The van der Waals surface area contributed by atoms with E-state index in [9.17, 15) is 4.79 Å². The van der Waals surface area contributed by atoms with E-state index in [-0.39, 0.29) is 5.91 Å². The van der Waals surface area contributed by atoms with Gasteiger partial charge in [0.25, 0.3) is 0 Å². The summed E-state index contributed by atoms with van der Waals surface area (Å²) < 4.78 is 6.20. The van der Waals surface area contributed by atoms with E-state index >= 15 is 0 Å². The van der Waals surface area contributed by atoms with Crippen LogP contribution >= 0.6 is 34.4 Å². The minimum atomic E-state index is -0.0809. The van der Waals surface area contributed by atoms with Crippen LogP contribution < -0.4 is 15.8 Å². The lowest BCUT2D eigenvalue weighted by Crippen LogP contribution is -2.11. The largest absolute Gasteiger partial charge is 0.494 e. The number of nitrogens with two attached hydrogens (primary N) is 1. The Balaban J connectivity index is 1.50. The number of hydrogen-bond donors (Lipinski definition) is 2. The quantitative estimate of drug-likeness (QED) is 0.548. The molecule has 1 amide bonds. The lowest BCUT2D eigenvalue weighted by atomic mass is 10.2. The molecule has 0 saturated carbocycles. The maximum absolute atomic E-state index is 12.0. The number of rotatable bonds is 8. The number of aromatic nitrogens is 3. The maximum atomic E-state index is 12.0. The second kappa shape index (κ2) is 8.97. The Hall–Kier alpha value is -2.17. The Bertz CT molecular complexity index is 863. The van der Waals surface area contributed by atoms with Crippen LogP contribution in [0.1, 0.15) is 13.3 Å². The molecule has 0 saturated heterocycles. The first kappa shape index (κ1) is 18.6. The number of anilines is 2. The van der Waals surface area contributed by atoms with Crippen molar-refractivity contribution in [3.63, 3.8) is 0 Å². The average molecular weight is 408 g/mol. The van der Waals surface area contributed by atoms with Gasteiger partial charge in [-0.25, -0.2) is 4.98 Å². The molecule has 1 aromatic carbocycles. The molecule has 0 fully saturated rings. The highest BCUT2D eigenvalue weighted by Gasteiger charge is 2.09. The summed E-state index contributed by atoms with van der Waals surface area (Å²) in [5.74, 6) is 1.36. The van der Waals surface area contributed by atoms with Crippen LogP contribution in [0.4, 0.5) is 10.3 Å². The van der Waals surface area contributed by atoms with Crippen molar-refractivity contribution in [2.75, 3.05) is 23.4 Å². The SMILES string of the molecule is CCOc1ccc(-c2csc(NC(=O)CCSc3nnc(N)s3)n2)cc1. The molecular formula is C16H17N5O2S3. The Morgan fingerprint density at radius 2 is 2.12 bits per heavy atom. The molecule has 2 aromatic heterocycles. The molecule has 0 unspecified atom stereocenters. The molecule has 26 heavy (non-hydrogen) atoms. The zero-order valence-electron chi connectivity index (χ0n) is 14.0. The number of thioether (sulfide) groups is 1. The van der Waals surface area contributed by atoms with Crippen LogP contribution in [0.25, 0.3) is 11.3 Å². The molecule has 3 rings (SSSR count). The van der Waals surface area contributed by atoms with Gasteiger partial charge in [0, 0.05) is 23.1 Å². The fraction of sp³-hybridized carbons (Fsp3) is 0.250. The van der Waals surface area contributed by atoms with E-state index in [0.29, 0.717) is 29.0 Å². The third-order valence-corrected chi connectivity index (χ3v) is 5.83. The first-order chi connectivity index (χ1) is 12.6. The number of nitrogens with zero attached hydrogens (tertiary/aromatic N) is 3. The lowest BCUT2D eigenvalue weighted by Gasteiger charge is -2.03. The van der Waals surface area contributed by atoms with Gasteiger partial charge < -0.3 is 15.8 Å². The van der Waals surface area contributed by atoms with E-state index in [0.717, 1.165) is 21.3 Å². The predicted octanol–water partition coefficient (Wildman–Crippen LogP) is 3.76. The smallest absolute Gasteiger partial charge is 0.226 e. The molecule has 136 valence electrons. The predicted molar refractivity (Wildman–Crippen MR) is 107 cm³/mol. The first-order valence-corrected chi connectivity index (χ1v) is 10.5. The van der Waals surface area contributed by atoms with Crippen molar-refractivity contribution in [1.82, 2.24) is 15.2 Å². The third kappa shape index (κ3) is 5.16. The van der Waals surface area contributed by atoms with Crippen LogP contribution in [-0.4, -0.2) is 33.4 Å². The lowest BCUT2D eigenvalue weighted by molar-refractivity contribution is -0.115. The van der Waals surface area contributed by atoms with Gasteiger partial charge in [-0.1, -0.05) is 23.1 Å². The van der Waals surface area contributed by atoms with Crippen LogP contribution in [0.5, 0.6) is 5.75 Å². The summed E-state index contributed by atoms with van der Waals surface area (Å²) in [7, 11) is 0. The summed E-state index contributed by atoms with van der Waals surface area (Å²) in [5, 5.41) is 13.4. The van der Waals surface area contributed by atoms with Crippen LogP contribution in [0.2, 0.25) is 0 Å². The van der Waals surface area contributed by atoms with Crippen molar-refractivity contribution in [2.24, 2.45) is 0 Å². The Morgan fingerprint density at radius 3 is 2.81 bits per heavy atom. The number of nitrogen functional groups attached to an aromatic ring is 1. The summed E-state index contributed by atoms with van der Waals surface area (Å²) in [4.78, 5) is 16.5. The highest BCUT2D eigenvalue weighted by Crippen LogP contribution is 2.27. The number of ether oxygens (including phenoxy) is 1. The van der Waals surface area contributed by atoms with Gasteiger partial charge in [-0.2, -0.15) is 0 Å². The van der Waals surface area contributed by atoms with Gasteiger partial charge in [0.1, 0.15) is 5.75 Å². The van der Waals surface area contributed by atoms with E-state index in [1.165, 1.54) is 34.4 Å². The first-order valence-electron chi connectivity index (χ1n) is 7.84. The normalized spacial score (nSPS) is 10.7. The molecule has 10 heteroatoms. The highest BCUT2D eigenvalue weighted by atomic mass is 32.2. The molecule has 0 bridgehead atoms. The monoisotopic (exact) mass is 407 g/mol. The Labute approximate surface area is 163 Å². The molecule has 3 aromatic rings. The highest BCUT2D eigenvalue weighted by molar-refractivity contribution is 8.01. The molecule has 2 heterocycles. The number of carbonyl (C=O) groups excluding carboxylic acids is 1. The van der Waals surface area contributed by atoms with Gasteiger partial charge in [-0.05, 0) is 31.2 Å². The van der Waals surface area contributed by atoms with E-state index in [4.69, 9.17) is 10.5 Å². The van der Waals surface area contributed by atoms with E-state index in [1.54, 1.807) is 0 Å². The van der Waals surface area contributed by atoms with Crippen LogP contribution in [0.15, 0.2) is 34.0 Å². The number of benzene rings is 1. The Morgan fingerprint density at radius 1 is 1.31 bits per heavy atom. The minimum Gasteiger partial charge on any atom is -0.494 e. The van der Waals surface area contributed by atoms with Crippen molar-refractivity contribution in [2.45, 2.75) is 17.7 Å². The molecule has 0 aliphatic rings. The van der Waals surface area contributed by atoms with E-state index in [1.807, 2.05) is 36.6 Å². The fourth-order valence-corrected chi connectivity index (χ4v) is 4.42. The van der Waals surface area contributed by atoms with Crippen molar-refractivity contribution in [3.05, 3.63) is 29.6 Å². The third-order valence-electron chi connectivity index (χ3n) is 3.19. The number of nitrogens with one attached hydrogen (secondary N) is 1. The van der Waals surface area contributed by atoms with E-state index in [2.05, 4.69) is 20.5 Å². The van der Waals surface area contributed by atoms with Crippen molar-refractivity contribution in [3.8, 4) is 17.0 Å². The van der Waals surface area contributed by atoms with Gasteiger partial charge in [-0.15, -0.1) is 21.5 Å². The average Bonchev–Trinajstić information content (AvgIpc) is 3.25. The van der Waals surface area contributed by atoms with Crippen LogP contribution in [0.3, 0.4) is 0 Å². The van der Waals surface area contributed by atoms with Gasteiger partial charge in [0.15, 0.2) is 9.47 Å². The van der Waals surface area contributed by atoms with Gasteiger partial charge in [-0.3, -0.25) is 4.79 Å². The molecular weight excluding hydrogens is 390 g/mol. The van der Waals surface area contributed by atoms with Crippen molar-refractivity contribution >= 4 is 50.6 Å².